The van der Waals surface area contributed by atoms with Gasteiger partial charge in [-0.25, -0.2) is 4.39 Å². The molecular formula is C20H22FN3O. The van der Waals surface area contributed by atoms with Crippen LogP contribution in [0.5, 0.6) is 0 Å². The van der Waals surface area contributed by atoms with Crippen molar-refractivity contribution in [2.45, 2.75) is 13.0 Å². The quantitative estimate of drug-likeness (QED) is 0.934. The fourth-order valence-corrected chi connectivity index (χ4v) is 3.70. The molecule has 4 nitrogen and oxygen atoms in total. The molecule has 0 bridgehead atoms. The molecule has 4 rings (SSSR count). The lowest BCUT2D eigenvalue weighted by Crippen LogP contribution is -2.48. The Morgan fingerprint density at radius 2 is 1.88 bits per heavy atom. The van der Waals surface area contributed by atoms with Crippen LogP contribution in [0, 0.1) is 5.82 Å². The van der Waals surface area contributed by atoms with Crippen LogP contribution in [-0.2, 0) is 13.0 Å². The van der Waals surface area contributed by atoms with Crippen molar-refractivity contribution in [1.29, 1.82) is 0 Å². The summed E-state index contributed by atoms with van der Waals surface area (Å²) >= 11 is 0. The molecule has 0 aliphatic carbocycles. The zero-order valence-corrected chi connectivity index (χ0v) is 14.2. The van der Waals surface area contributed by atoms with E-state index in [1.807, 2.05) is 4.90 Å². The molecule has 1 saturated heterocycles. The van der Waals surface area contributed by atoms with Gasteiger partial charge in [-0.1, -0.05) is 24.3 Å². The molecule has 2 heterocycles. The molecule has 1 amide bonds. The standard InChI is InChI=1S/C20H22FN3O/c21-18-6-2-4-16(13-18)20(25)24-11-9-23(10-12-24)14-17-5-1-3-15-7-8-22-19(15)17/h1-6,13,22H,7-12,14H2. The average Bonchev–Trinajstić information content (AvgIpc) is 3.12. The number of halogens is 1. The Labute approximate surface area is 147 Å². The molecule has 0 atom stereocenters. The van der Waals surface area contributed by atoms with Gasteiger partial charge in [0.1, 0.15) is 5.82 Å². The van der Waals surface area contributed by atoms with Crippen LogP contribution < -0.4 is 5.32 Å². The monoisotopic (exact) mass is 339 g/mol. The first-order chi connectivity index (χ1) is 12.2. The van der Waals surface area contributed by atoms with Crippen LogP contribution >= 0.6 is 0 Å². The summed E-state index contributed by atoms with van der Waals surface area (Å²) in [7, 11) is 0. The number of nitrogens with one attached hydrogen (secondary N) is 1. The second kappa shape index (κ2) is 6.84. The molecule has 25 heavy (non-hydrogen) atoms. The highest BCUT2D eigenvalue weighted by atomic mass is 19.1. The molecule has 2 aliphatic heterocycles. The number of anilines is 1. The SMILES string of the molecule is O=C(c1cccc(F)c1)N1CCN(Cc2cccc3c2NCC3)CC1. The Hall–Kier alpha value is -2.40. The maximum Gasteiger partial charge on any atom is 0.254 e. The fourth-order valence-electron chi connectivity index (χ4n) is 3.70. The minimum Gasteiger partial charge on any atom is -0.384 e. The summed E-state index contributed by atoms with van der Waals surface area (Å²) in [6, 6.07) is 12.4. The maximum atomic E-state index is 13.3. The summed E-state index contributed by atoms with van der Waals surface area (Å²) in [6.45, 7) is 4.95. The summed E-state index contributed by atoms with van der Waals surface area (Å²) in [5.74, 6) is -0.448. The third-order valence-corrected chi connectivity index (χ3v) is 5.06. The minimum absolute atomic E-state index is 0.0820. The molecule has 0 radical (unpaired) electrons. The van der Waals surface area contributed by atoms with E-state index in [4.69, 9.17) is 0 Å². The lowest BCUT2D eigenvalue weighted by molar-refractivity contribution is 0.0628. The number of hydrogen-bond acceptors (Lipinski definition) is 3. The van der Waals surface area contributed by atoms with Gasteiger partial charge in [0.2, 0.25) is 0 Å². The van der Waals surface area contributed by atoms with E-state index in [1.165, 1.54) is 28.9 Å². The summed E-state index contributed by atoms with van der Waals surface area (Å²) in [5, 5.41) is 3.49. The van der Waals surface area contributed by atoms with Gasteiger partial charge in [0.25, 0.3) is 5.91 Å². The van der Waals surface area contributed by atoms with E-state index in [1.54, 1.807) is 12.1 Å². The lowest BCUT2D eigenvalue weighted by atomic mass is 10.1. The van der Waals surface area contributed by atoms with Gasteiger partial charge >= 0.3 is 0 Å². The molecule has 0 aromatic heterocycles. The predicted molar refractivity (Wildman–Crippen MR) is 96.2 cm³/mol. The summed E-state index contributed by atoms with van der Waals surface area (Å²) in [5.41, 5.74) is 4.46. The van der Waals surface area contributed by atoms with Gasteiger partial charge in [-0.15, -0.1) is 0 Å². The van der Waals surface area contributed by atoms with Gasteiger partial charge < -0.3 is 10.2 Å². The van der Waals surface area contributed by atoms with Crippen molar-refractivity contribution >= 4 is 11.6 Å². The minimum atomic E-state index is -0.366. The van der Waals surface area contributed by atoms with E-state index in [0.717, 1.165) is 32.6 Å². The van der Waals surface area contributed by atoms with Gasteiger partial charge in [-0.3, -0.25) is 9.69 Å². The molecule has 2 aromatic carbocycles. The lowest BCUT2D eigenvalue weighted by Gasteiger charge is -2.35. The third kappa shape index (κ3) is 3.37. The van der Waals surface area contributed by atoms with Gasteiger partial charge in [-0.05, 0) is 35.7 Å². The summed E-state index contributed by atoms with van der Waals surface area (Å²) < 4.78 is 13.3. The Morgan fingerprint density at radius 3 is 2.68 bits per heavy atom. The Morgan fingerprint density at radius 1 is 1.08 bits per heavy atom. The van der Waals surface area contributed by atoms with Crippen LogP contribution in [-0.4, -0.2) is 48.4 Å². The number of para-hydroxylation sites is 1. The number of nitrogens with zero attached hydrogens (tertiary/aromatic N) is 2. The van der Waals surface area contributed by atoms with E-state index >= 15 is 0 Å². The van der Waals surface area contributed by atoms with Crippen LogP contribution in [0.25, 0.3) is 0 Å². The van der Waals surface area contributed by atoms with Crippen LogP contribution in [0.3, 0.4) is 0 Å². The van der Waals surface area contributed by atoms with Crippen LogP contribution in [0.15, 0.2) is 42.5 Å². The second-order valence-electron chi connectivity index (χ2n) is 6.71. The first-order valence-electron chi connectivity index (χ1n) is 8.82. The molecule has 2 aromatic rings. The summed E-state index contributed by atoms with van der Waals surface area (Å²) in [6.07, 6.45) is 1.10. The maximum absolute atomic E-state index is 13.3. The molecule has 1 fully saturated rings. The molecule has 130 valence electrons. The summed E-state index contributed by atoms with van der Waals surface area (Å²) in [4.78, 5) is 16.7. The third-order valence-electron chi connectivity index (χ3n) is 5.06. The largest absolute Gasteiger partial charge is 0.384 e. The number of hydrogen-bond donors (Lipinski definition) is 1. The van der Waals surface area contributed by atoms with E-state index in [0.29, 0.717) is 18.7 Å². The van der Waals surface area contributed by atoms with Crippen molar-refractivity contribution in [2.24, 2.45) is 0 Å². The highest BCUT2D eigenvalue weighted by Crippen LogP contribution is 2.27. The predicted octanol–water partition coefficient (Wildman–Crippen LogP) is 2.75. The number of rotatable bonds is 3. The topological polar surface area (TPSA) is 35.6 Å². The molecule has 0 saturated carbocycles. The van der Waals surface area contributed by atoms with Crippen molar-refractivity contribution < 1.29 is 9.18 Å². The number of benzene rings is 2. The first-order valence-corrected chi connectivity index (χ1v) is 8.82. The molecule has 2 aliphatic rings. The van der Waals surface area contributed by atoms with Gasteiger partial charge in [0.15, 0.2) is 0 Å². The number of carbonyl (C=O) groups is 1. The van der Waals surface area contributed by atoms with Gasteiger partial charge in [-0.2, -0.15) is 0 Å². The number of amides is 1. The van der Waals surface area contributed by atoms with Crippen molar-refractivity contribution in [1.82, 2.24) is 9.80 Å². The fraction of sp³-hybridized carbons (Fsp3) is 0.350. The Kier molecular flexibility index (Phi) is 4.40. The highest BCUT2D eigenvalue weighted by Gasteiger charge is 2.23. The van der Waals surface area contributed by atoms with Gasteiger partial charge in [0.05, 0.1) is 0 Å². The Bertz CT molecular complexity index is 784. The van der Waals surface area contributed by atoms with E-state index < -0.39 is 0 Å². The molecule has 0 spiro atoms. The number of carbonyl (C=O) groups excluding carboxylic acids is 1. The smallest absolute Gasteiger partial charge is 0.254 e. The van der Waals surface area contributed by atoms with Crippen LogP contribution in [0.1, 0.15) is 21.5 Å². The van der Waals surface area contributed by atoms with Crippen molar-refractivity contribution in [2.75, 3.05) is 38.0 Å². The average molecular weight is 339 g/mol. The molecule has 0 unspecified atom stereocenters. The zero-order valence-electron chi connectivity index (χ0n) is 14.2. The van der Waals surface area contributed by atoms with Crippen LogP contribution in [0.4, 0.5) is 10.1 Å². The number of piperazine rings is 1. The zero-order chi connectivity index (χ0) is 17.2. The van der Waals surface area contributed by atoms with E-state index in [-0.39, 0.29) is 11.7 Å². The highest BCUT2D eigenvalue weighted by molar-refractivity contribution is 5.94. The van der Waals surface area contributed by atoms with Crippen molar-refractivity contribution in [3.05, 3.63) is 65.0 Å². The van der Waals surface area contributed by atoms with E-state index in [2.05, 4.69) is 28.4 Å². The molecular weight excluding hydrogens is 317 g/mol. The Balaban J connectivity index is 1.37. The van der Waals surface area contributed by atoms with Gasteiger partial charge in [0, 0.05) is 50.5 Å². The van der Waals surface area contributed by atoms with Crippen molar-refractivity contribution in [3.8, 4) is 0 Å². The molecule has 1 N–H and O–H groups in total. The first kappa shape index (κ1) is 16.1. The second-order valence-corrected chi connectivity index (χ2v) is 6.71. The number of fused-ring (bicyclic) bond motifs is 1. The van der Waals surface area contributed by atoms with Crippen molar-refractivity contribution in [3.63, 3.8) is 0 Å². The van der Waals surface area contributed by atoms with E-state index in [9.17, 15) is 9.18 Å². The normalized spacial score (nSPS) is 17.2. The molecule has 5 heteroatoms. The van der Waals surface area contributed by atoms with Crippen LogP contribution in [0.2, 0.25) is 0 Å².